The van der Waals surface area contributed by atoms with Gasteiger partial charge in [0.15, 0.2) is 0 Å². The number of carbonyl (C=O) groups excluding carboxylic acids is 2. The van der Waals surface area contributed by atoms with E-state index >= 15 is 0 Å². The molecule has 184 valence electrons. The van der Waals surface area contributed by atoms with Crippen LogP contribution in [-0.4, -0.2) is 70.6 Å². The average molecular weight is 468 g/mol. The lowest BCUT2D eigenvalue weighted by Gasteiger charge is -2.38. The third-order valence-corrected chi connectivity index (χ3v) is 7.58. The number of amides is 2. The first kappa shape index (κ1) is 24.5. The summed E-state index contributed by atoms with van der Waals surface area (Å²) in [5, 5.41) is 9.82. The van der Waals surface area contributed by atoms with Crippen LogP contribution in [0.4, 0.5) is 0 Å². The van der Waals surface area contributed by atoms with Gasteiger partial charge < -0.3 is 19.6 Å². The highest BCUT2D eigenvalue weighted by Crippen LogP contribution is 2.30. The first-order valence-electron chi connectivity index (χ1n) is 12.7. The van der Waals surface area contributed by atoms with E-state index in [4.69, 9.17) is 4.74 Å². The van der Waals surface area contributed by atoms with Crippen molar-refractivity contribution in [1.82, 2.24) is 14.8 Å². The number of aliphatic hydroxyl groups excluding tert-OH is 1. The van der Waals surface area contributed by atoms with Gasteiger partial charge in [-0.05, 0) is 38.7 Å². The maximum absolute atomic E-state index is 13.5. The van der Waals surface area contributed by atoms with E-state index in [0.717, 1.165) is 32.1 Å². The van der Waals surface area contributed by atoms with E-state index in [0.29, 0.717) is 30.1 Å². The van der Waals surface area contributed by atoms with Crippen molar-refractivity contribution in [2.75, 3.05) is 26.7 Å². The molecule has 1 N–H and O–H groups in total. The zero-order chi connectivity index (χ0) is 24.2. The topological polar surface area (TPSA) is 83.0 Å². The molecule has 0 spiro atoms. The Morgan fingerprint density at radius 1 is 1.29 bits per heavy atom. The summed E-state index contributed by atoms with van der Waals surface area (Å²) in [7, 11) is 1.82. The SMILES string of the molecule is C[C@H](CO)N1C[C@H](C)[C@H](CN(C)C(=O)C2CCC2)Oc2ncc(C#CC3CCCC3)cc2C1=O. The molecule has 1 aromatic heterocycles. The Kier molecular flexibility index (Phi) is 7.77. The van der Waals surface area contributed by atoms with Gasteiger partial charge in [0, 0.05) is 43.1 Å². The van der Waals surface area contributed by atoms with E-state index < -0.39 is 0 Å². The number of aromatic nitrogens is 1. The molecule has 4 rings (SSSR count). The van der Waals surface area contributed by atoms with E-state index in [2.05, 4.69) is 16.8 Å². The number of hydrogen-bond donors (Lipinski definition) is 1. The first-order chi connectivity index (χ1) is 16.4. The summed E-state index contributed by atoms with van der Waals surface area (Å²) < 4.78 is 6.30. The van der Waals surface area contributed by atoms with Crippen molar-refractivity contribution in [2.45, 2.75) is 70.9 Å². The predicted molar refractivity (Wildman–Crippen MR) is 129 cm³/mol. The number of fused-ring (bicyclic) bond motifs is 1. The van der Waals surface area contributed by atoms with E-state index in [1.165, 1.54) is 12.8 Å². The Morgan fingerprint density at radius 3 is 2.68 bits per heavy atom. The van der Waals surface area contributed by atoms with E-state index in [9.17, 15) is 14.7 Å². The molecule has 1 aliphatic heterocycles. The Hall–Kier alpha value is -2.59. The number of likely N-dealkylation sites (N-methyl/N-ethyl adjacent to an activating group) is 1. The van der Waals surface area contributed by atoms with Crippen LogP contribution in [0.5, 0.6) is 5.88 Å². The summed E-state index contributed by atoms with van der Waals surface area (Å²) in [5.41, 5.74) is 1.06. The zero-order valence-electron chi connectivity index (χ0n) is 20.6. The molecule has 2 amide bonds. The quantitative estimate of drug-likeness (QED) is 0.673. The highest BCUT2D eigenvalue weighted by Gasteiger charge is 2.36. The number of ether oxygens (including phenoxy) is 1. The zero-order valence-corrected chi connectivity index (χ0v) is 20.6. The van der Waals surface area contributed by atoms with Crippen LogP contribution >= 0.6 is 0 Å². The number of pyridine rings is 1. The minimum Gasteiger partial charge on any atom is -0.472 e. The van der Waals surface area contributed by atoms with Crippen LogP contribution in [0.15, 0.2) is 12.3 Å². The molecule has 7 heteroatoms. The second-order valence-electron chi connectivity index (χ2n) is 10.3. The number of hydrogen-bond acceptors (Lipinski definition) is 5. The molecule has 2 fully saturated rings. The van der Waals surface area contributed by atoms with E-state index in [-0.39, 0.29) is 48.3 Å². The lowest BCUT2D eigenvalue weighted by Crippen LogP contribution is -2.51. The molecule has 0 radical (unpaired) electrons. The minimum atomic E-state index is -0.343. The van der Waals surface area contributed by atoms with Crippen molar-refractivity contribution in [3.8, 4) is 17.7 Å². The summed E-state index contributed by atoms with van der Waals surface area (Å²) in [6, 6.07) is 1.42. The average Bonchev–Trinajstić information content (AvgIpc) is 3.32. The third-order valence-electron chi connectivity index (χ3n) is 7.58. The van der Waals surface area contributed by atoms with Crippen LogP contribution in [0.25, 0.3) is 0 Å². The van der Waals surface area contributed by atoms with Crippen LogP contribution in [0.2, 0.25) is 0 Å². The number of aliphatic hydroxyl groups is 1. The van der Waals surface area contributed by atoms with Crippen molar-refractivity contribution in [3.63, 3.8) is 0 Å². The molecular formula is C27H37N3O4. The molecule has 7 nitrogen and oxygen atoms in total. The van der Waals surface area contributed by atoms with Gasteiger partial charge in [-0.25, -0.2) is 4.98 Å². The molecule has 2 heterocycles. The van der Waals surface area contributed by atoms with Crippen molar-refractivity contribution in [2.24, 2.45) is 17.8 Å². The molecule has 2 aliphatic carbocycles. The van der Waals surface area contributed by atoms with Gasteiger partial charge in [0.2, 0.25) is 11.8 Å². The van der Waals surface area contributed by atoms with Crippen molar-refractivity contribution >= 4 is 11.8 Å². The monoisotopic (exact) mass is 467 g/mol. The molecule has 34 heavy (non-hydrogen) atoms. The summed E-state index contributed by atoms with van der Waals surface area (Å²) in [4.78, 5) is 34.2. The number of nitrogens with zero attached hydrogens (tertiary/aromatic N) is 3. The van der Waals surface area contributed by atoms with E-state index in [1.807, 2.05) is 20.9 Å². The molecule has 1 aromatic rings. The molecule has 3 aliphatic rings. The van der Waals surface area contributed by atoms with Gasteiger partial charge in [0.1, 0.15) is 11.7 Å². The minimum absolute atomic E-state index is 0.0497. The smallest absolute Gasteiger partial charge is 0.259 e. The highest BCUT2D eigenvalue weighted by molar-refractivity contribution is 5.97. The van der Waals surface area contributed by atoms with Crippen molar-refractivity contribution in [1.29, 1.82) is 0 Å². The standard InChI is InChI=1S/C27H37N3O4/c1-18-15-30(19(2)17-31)27(33)23-13-21(12-11-20-7-4-5-8-20)14-28-25(23)34-24(18)16-29(3)26(32)22-9-6-10-22/h13-14,18-20,22,24,31H,4-10,15-17H2,1-3H3/t18-,19+,24-/m0/s1. The second kappa shape index (κ2) is 10.8. The lowest BCUT2D eigenvalue weighted by molar-refractivity contribution is -0.138. The molecule has 0 unspecified atom stereocenters. The Bertz CT molecular complexity index is 958. The summed E-state index contributed by atoms with van der Waals surface area (Å²) in [5.74, 6) is 7.23. The van der Waals surface area contributed by atoms with Crippen LogP contribution in [0.3, 0.4) is 0 Å². The fourth-order valence-corrected chi connectivity index (χ4v) is 4.97. The van der Waals surface area contributed by atoms with Gasteiger partial charge in [-0.1, -0.05) is 38.0 Å². The van der Waals surface area contributed by atoms with Gasteiger partial charge in [-0.3, -0.25) is 9.59 Å². The van der Waals surface area contributed by atoms with Crippen LogP contribution in [0.1, 0.15) is 74.7 Å². The second-order valence-corrected chi connectivity index (χ2v) is 10.3. The van der Waals surface area contributed by atoms with E-state index in [1.54, 1.807) is 22.1 Å². The van der Waals surface area contributed by atoms with Gasteiger partial charge in [0.05, 0.1) is 19.2 Å². The van der Waals surface area contributed by atoms with Gasteiger partial charge in [-0.2, -0.15) is 0 Å². The predicted octanol–water partition coefficient (Wildman–Crippen LogP) is 3.10. The molecule has 0 bridgehead atoms. The Morgan fingerprint density at radius 2 is 2.03 bits per heavy atom. The van der Waals surface area contributed by atoms with Gasteiger partial charge in [-0.15, -0.1) is 0 Å². The molecule has 0 saturated heterocycles. The molecule has 0 aromatic carbocycles. The van der Waals surface area contributed by atoms with Crippen LogP contribution in [0, 0.1) is 29.6 Å². The summed E-state index contributed by atoms with van der Waals surface area (Å²) in [6.07, 6.45) is 9.06. The maximum atomic E-state index is 13.5. The number of carbonyl (C=O) groups is 2. The van der Waals surface area contributed by atoms with Crippen LogP contribution in [-0.2, 0) is 4.79 Å². The van der Waals surface area contributed by atoms with Crippen molar-refractivity contribution in [3.05, 3.63) is 23.4 Å². The van der Waals surface area contributed by atoms with Gasteiger partial charge in [0.25, 0.3) is 5.91 Å². The Balaban J connectivity index is 1.61. The molecular weight excluding hydrogens is 430 g/mol. The fraction of sp³-hybridized carbons (Fsp3) is 0.667. The maximum Gasteiger partial charge on any atom is 0.259 e. The number of rotatable bonds is 5. The van der Waals surface area contributed by atoms with Crippen LogP contribution < -0.4 is 4.74 Å². The largest absolute Gasteiger partial charge is 0.472 e. The summed E-state index contributed by atoms with van der Waals surface area (Å²) >= 11 is 0. The molecule has 2 saturated carbocycles. The Labute approximate surface area is 202 Å². The summed E-state index contributed by atoms with van der Waals surface area (Å²) in [6.45, 7) is 4.58. The fourth-order valence-electron chi connectivity index (χ4n) is 4.97. The highest BCUT2D eigenvalue weighted by atomic mass is 16.5. The van der Waals surface area contributed by atoms with Crippen molar-refractivity contribution < 1.29 is 19.4 Å². The third kappa shape index (κ3) is 5.38. The normalized spacial score (nSPS) is 24.1. The first-order valence-corrected chi connectivity index (χ1v) is 12.7. The molecule has 3 atom stereocenters. The lowest BCUT2D eigenvalue weighted by atomic mass is 9.84. The van der Waals surface area contributed by atoms with Gasteiger partial charge >= 0.3 is 0 Å².